The quantitative estimate of drug-likeness (QED) is 0.306. The molecule has 2 amide bonds. The number of benzene rings is 3. The highest BCUT2D eigenvalue weighted by Crippen LogP contribution is 2.28. The molecule has 0 spiro atoms. The first kappa shape index (κ1) is 26.8. The summed E-state index contributed by atoms with van der Waals surface area (Å²) < 4.78 is 30.8. The van der Waals surface area contributed by atoms with E-state index >= 15 is 0 Å². The summed E-state index contributed by atoms with van der Waals surface area (Å²) in [5.74, 6) is -1.76. The maximum Gasteiger partial charge on any atom is 0.348 e. The third-order valence-electron chi connectivity index (χ3n) is 6.78. The van der Waals surface area contributed by atoms with Crippen molar-refractivity contribution in [3.05, 3.63) is 96.3 Å². The van der Waals surface area contributed by atoms with E-state index in [-0.39, 0.29) is 23.2 Å². The van der Waals surface area contributed by atoms with Gasteiger partial charge in [0.2, 0.25) is 0 Å². The SMILES string of the molecule is CN(C(=O)n1cccn1)c1ccc(Nc2ccc(NC(=O)c3ccc(N4CCC(O)CC4)cc3)cc2F)c(F)c1. The van der Waals surface area contributed by atoms with Gasteiger partial charge < -0.3 is 20.6 Å². The Morgan fingerprint density at radius 1 is 0.975 bits per heavy atom. The van der Waals surface area contributed by atoms with Gasteiger partial charge in [0, 0.05) is 55.2 Å². The first-order valence-corrected chi connectivity index (χ1v) is 12.8. The largest absolute Gasteiger partial charge is 0.393 e. The first-order valence-electron chi connectivity index (χ1n) is 12.8. The average molecular weight is 547 g/mol. The molecule has 0 unspecified atom stereocenters. The minimum Gasteiger partial charge on any atom is -0.393 e. The van der Waals surface area contributed by atoms with Gasteiger partial charge in [0.05, 0.1) is 17.5 Å². The van der Waals surface area contributed by atoms with Gasteiger partial charge in [0.1, 0.15) is 11.6 Å². The van der Waals surface area contributed by atoms with Gasteiger partial charge in [-0.2, -0.15) is 9.78 Å². The maximum absolute atomic E-state index is 14.9. The molecule has 40 heavy (non-hydrogen) atoms. The van der Waals surface area contributed by atoms with E-state index in [1.54, 1.807) is 18.2 Å². The number of anilines is 5. The predicted octanol–water partition coefficient (Wildman–Crippen LogP) is 5.22. The fourth-order valence-corrected chi connectivity index (χ4v) is 4.45. The number of rotatable bonds is 6. The summed E-state index contributed by atoms with van der Waals surface area (Å²) in [6, 6.07) is 16.4. The van der Waals surface area contributed by atoms with Crippen molar-refractivity contribution in [2.45, 2.75) is 18.9 Å². The molecule has 1 aromatic heterocycles. The lowest BCUT2D eigenvalue weighted by atomic mass is 10.1. The van der Waals surface area contributed by atoms with Gasteiger partial charge in [-0.25, -0.2) is 13.6 Å². The number of hydrogen-bond acceptors (Lipinski definition) is 6. The van der Waals surface area contributed by atoms with E-state index in [0.29, 0.717) is 24.1 Å². The van der Waals surface area contributed by atoms with Crippen molar-refractivity contribution in [1.82, 2.24) is 9.78 Å². The summed E-state index contributed by atoms with van der Waals surface area (Å²) in [7, 11) is 1.49. The second kappa shape index (κ2) is 11.5. The Bertz CT molecular complexity index is 1500. The number of aliphatic hydroxyl groups excluding tert-OH is 1. The van der Waals surface area contributed by atoms with Crippen LogP contribution < -0.4 is 20.4 Å². The molecule has 4 aromatic rings. The van der Waals surface area contributed by atoms with Gasteiger partial charge in [0.25, 0.3) is 5.91 Å². The molecule has 2 heterocycles. The Morgan fingerprint density at radius 3 is 2.27 bits per heavy atom. The van der Waals surface area contributed by atoms with E-state index in [2.05, 4.69) is 20.6 Å². The van der Waals surface area contributed by atoms with Crippen LogP contribution in [0.5, 0.6) is 0 Å². The van der Waals surface area contributed by atoms with Crippen molar-refractivity contribution < 1.29 is 23.5 Å². The zero-order chi connectivity index (χ0) is 28.2. The van der Waals surface area contributed by atoms with E-state index in [9.17, 15) is 23.5 Å². The summed E-state index contributed by atoms with van der Waals surface area (Å²) in [6.45, 7) is 1.51. The molecule has 1 aliphatic heterocycles. The third-order valence-corrected chi connectivity index (χ3v) is 6.78. The van der Waals surface area contributed by atoms with Crippen LogP contribution in [0.15, 0.2) is 79.1 Å². The van der Waals surface area contributed by atoms with Crippen molar-refractivity contribution in [3.8, 4) is 0 Å². The summed E-state index contributed by atoms with van der Waals surface area (Å²) in [5, 5.41) is 18.9. The van der Waals surface area contributed by atoms with Crippen LogP contribution in [0, 0.1) is 11.6 Å². The van der Waals surface area contributed by atoms with Crippen LogP contribution in [0.3, 0.4) is 0 Å². The van der Waals surface area contributed by atoms with E-state index in [0.717, 1.165) is 35.6 Å². The Morgan fingerprint density at radius 2 is 1.65 bits per heavy atom. The van der Waals surface area contributed by atoms with Crippen LogP contribution in [0.4, 0.5) is 42.0 Å². The number of aromatic nitrogens is 2. The fraction of sp³-hybridized carbons (Fsp3) is 0.207. The normalized spacial score (nSPS) is 13.7. The second-order valence-corrected chi connectivity index (χ2v) is 9.50. The Kier molecular flexibility index (Phi) is 7.74. The smallest absolute Gasteiger partial charge is 0.348 e. The van der Waals surface area contributed by atoms with Gasteiger partial charge in [-0.3, -0.25) is 9.69 Å². The molecule has 5 rings (SSSR count). The number of halogens is 2. The number of aliphatic hydroxyl groups is 1. The monoisotopic (exact) mass is 546 g/mol. The van der Waals surface area contributed by atoms with E-state index < -0.39 is 23.6 Å². The van der Waals surface area contributed by atoms with Gasteiger partial charge >= 0.3 is 6.03 Å². The summed E-state index contributed by atoms with van der Waals surface area (Å²) >= 11 is 0. The van der Waals surface area contributed by atoms with Crippen LogP contribution in [0.1, 0.15) is 23.2 Å². The van der Waals surface area contributed by atoms with Crippen LogP contribution >= 0.6 is 0 Å². The minimum absolute atomic E-state index is 0.0154. The zero-order valence-corrected chi connectivity index (χ0v) is 21.7. The zero-order valence-electron chi connectivity index (χ0n) is 21.7. The molecule has 0 saturated carbocycles. The molecule has 1 aliphatic rings. The molecule has 9 nitrogen and oxygen atoms in total. The highest BCUT2D eigenvalue weighted by atomic mass is 19.1. The average Bonchev–Trinajstić information content (AvgIpc) is 3.50. The van der Waals surface area contributed by atoms with Crippen LogP contribution in [0.25, 0.3) is 0 Å². The maximum atomic E-state index is 14.9. The van der Waals surface area contributed by atoms with Crippen molar-refractivity contribution in [3.63, 3.8) is 0 Å². The third kappa shape index (κ3) is 5.94. The lowest BCUT2D eigenvalue weighted by Crippen LogP contribution is -2.35. The second-order valence-electron chi connectivity index (χ2n) is 9.50. The molecule has 1 fully saturated rings. The highest BCUT2D eigenvalue weighted by Gasteiger charge is 2.18. The Hall–Kier alpha value is -4.77. The number of amides is 2. The lowest BCUT2D eigenvalue weighted by Gasteiger charge is -2.31. The van der Waals surface area contributed by atoms with Gasteiger partial charge in [0.15, 0.2) is 0 Å². The molecule has 11 heteroatoms. The topological polar surface area (TPSA) is 103 Å². The van der Waals surface area contributed by atoms with E-state index in [1.165, 1.54) is 48.6 Å². The van der Waals surface area contributed by atoms with Crippen molar-refractivity contribution in [1.29, 1.82) is 0 Å². The lowest BCUT2D eigenvalue weighted by molar-refractivity contribution is 0.102. The molecule has 0 atom stereocenters. The molecule has 3 N–H and O–H groups in total. The Balaban J connectivity index is 1.21. The molecule has 0 aliphatic carbocycles. The highest BCUT2D eigenvalue weighted by molar-refractivity contribution is 6.04. The summed E-state index contributed by atoms with van der Waals surface area (Å²) in [5.41, 5.74) is 1.97. The molecule has 1 saturated heterocycles. The van der Waals surface area contributed by atoms with Crippen LogP contribution in [0.2, 0.25) is 0 Å². The van der Waals surface area contributed by atoms with Gasteiger partial charge in [-0.15, -0.1) is 0 Å². The van der Waals surface area contributed by atoms with Crippen molar-refractivity contribution in [2.75, 3.05) is 40.6 Å². The molecule has 0 radical (unpaired) electrons. The number of carbonyl (C=O) groups excluding carboxylic acids is 2. The van der Waals surface area contributed by atoms with Gasteiger partial charge in [-0.1, -0.05) is 0 Å². The molecular weight excluding hydrogens is 518 g/mol. The number of hydrogen-bond donors (Lipinski definition) is 3. The number of piperidine rings is 1. The summed E-state index contributed by atoms with van der Waals surface area (Å²) in [4.78, 5) is 28.5. The number of carbonyl (C=O) groups is 2. The first-order chi connectivity index (χ1) is 19.3. The van der Waals surface area contributed by atoms with E-state index in [1.807, 2.05) is 12.1 Å². The van der Waals surface area contributed by atoms with Crippen molar-refractivity contribution in [2.24, 2.45) is 0 Å². The molecule has 0 bridgehead atoms. The molecule has 206 valence electrons. The molecule has 3 aromatic carbocycles. The Labute approximate surface area is 229 Å². The van der Waals surface area contributed by atoms with E-state index in [4.69, 9.17) is 0 Å². The summed E-state index contributed by atoms with van der Waals surface area (Å²) in [6.07, 6.45) is 4.11. The molecular formula is C29H28F2N6O3. The van der Waals surface area contributed by atoms with Crippen LogP contribution in [-0.2, 0) is 0 Å². The minimum atomic E-state index is -0.685. The van der Waals surface area contributed by atoms with Gasteiger partial charge in [-0.05, 0) is 79.6 Å². The standard InChI is InChI=1S/C29H28F2N6O3/c1-35(29(40)37-14-2-13-32-37)22-8-10-27(25(31)18-22)34-26-9-5-20(17-24(26)30)33-28(39)19-3-6-21(7-4-19)36-15-11-23(38)12-16-36/h2-10,13-14,17-18,23,34,38H,11-12,15-16H2,1H3,(H,33,39). The van der Waals surface area contributed by atoms with Crippen LogP contribution in [-0.4, -0.2) is 53.1 Å². The number of nitrogens with one attached hydrogen (secondary N) is 2. The number of nitrogens with zero attached hydrogens (tertiary/aromatic N) is 4. The predicted molar refractivity (Wildman–Crippen MR) is 149 cm³/mol. The van der Waals surface area contributed by atoms with Crippen molar-refractivity contribution >= 4 is 40.4 Å². The fourth-order valence-electron chi connectivity index (χ4n) is 4.45.